The number of rotatable bonds is 47. The quantitative estimate of drug-likeness (QED) is 0.0365. The minimum absolute atomic E-state index is 0.359. The summed E-state index contributed by atoms with van der Waals surface area (Å²) in [5.74, 6) is -0.497. The van der Waals surface area contributed by atoms with Crippen LogP contribution in [-0.2, 0) is 4.79 Å². The monoisotopic (exact) mass is 792 g/mol. The van der Waals surface area contributed by atoms with Gasteiger partial charge in [0.25, 0.3) is 0 Å². The molecule has 0 aromatic rings. The summed E-state index contributed by atoms with van der Waals surface area (Å²) in [6.07, 6.45) is 57.0. The Morgan fingerprint density at radius 2 is 0.696 bits per heavy atom. The van der Waals surface area contributed by atoms with E-state index in [-0.39, 0.29) is 6.61 Å². The molecular weight excluding hydrogens is 691 g/mol. The molecule has 1 amide bonds. The van der Waals surface area contributed by atoms with Crippen LogP contribution in [0.4, 0.5) is 0 Å². The number of hydrogen-bond donors (Lipinski definition) is 4. The van der Waals surface area contributed by atoms with Gasteiger partial charge in [-0.1, -0.05) is 276 Å². The summed E-state index contributed by atoms with van der Waals surface area (Å²) in [5, 5.41) is 33.3. The van der Waals surface area contributed by atoms with Crippen molar-refractivity contribution in [3.63, 3.8) is 0 Å². The molecular formula is C51H101NO4. The molecule has 56 heavy (non-hydrogen) atoms. The molecule has 0 radical (unpaired) electrons. The molecule has 3 atom stereocenters. The number of carbonyl (C=O) groups is 1. The van der Waals surface area contributed by atoms with E-state index in [1.54, 1.807) is 6.08 Å². The van der Waals surface area contributed by atoms with Crippen LogP contribution in [0.3, 0.4) is 0 Å². The highest BCUT2D eigenvalue weighted by molar-refractivity contribution is 5.80. The second-order valence-electron chi connectivity index (χ2n) is 17.7. The number of aliphatic hydroxyl groups excluding tert-OH is 3. The number of unbranched alkanes of at least 4 members (excludes halogenated alkanes) is 39. The van der Waals surface area contributed by atoms with E-state index in [2.05, 4.69) is 19.2 Å². The Morgan fingerprint density at radius 1 is 0.429 bits per heavy atom. The van der Waals surface area contributed by atoms with Gasteiger partial charge in [-0.3, -0.25) is 4.79 Å². The van der Waals surface area contributed by atoms with Crippen LogP contribution in [0, 0.1) is 0 Å². The van der Waals surface area contributed by atoms with Gasteiger partial charge in [-0.05, 0) is 19.3 Å². The summed E-state index contributed by atoms with van der Waals surface area (Å²) in [6.45, 7) is 4.21. The zero-order chi connectivity index (χ0) is 40.8. The van der Waals surface area contributed by atoms with Crippen LogP contribution in [0.2, 0.25) is 0 Å². The predicted molar refractivity (Wildman–Crippen MR) is 245 cm³/mol. The third-order valence-electron chi connectivity index (χ3n) is 12.1. The van der Waals surface area contributed by atoms with Gasteiger partial charge in [-0.2, -0.15) is 0 Å². The van der Waals surface area contributed by atoms with Crippen molar-refractivity contribution in [3.05, 3.63) is 12.2 Å². The van der Waals surface area contributed by atoms with Crippen LogP contribution < -0.4 is 5.32 Å². The molecule has 0 aliphatic rings. The van der Waals surface area contributed by atoms with Crippen LogP contribution in [0.5, 0.6) is 0 Å². The van der Waals surface area contributed by atoms with Crippen molar-refractivity contribution in [1.82, 2.24) is 5.32 Å². The molecule has 334 valence electrons. The first-order valence-corrected chi connectivity index (χ1v) is 25.5. The zero-order valence-corrected chi connectivity index (χ0v) is 38.0. The van der Waals surface area contributed by atoms with E-state index in [9.17, 15) is 20.1 Å². The van der Waals surface area contributed by atoms with Gasteiger partial charge in [0.15, 0.2) is 0 Å². The Bertz CT molecular complexity index is 788. The first-order valence-electron chi connectivity index (χ1n) is 25.5. The highest BCUT2D eigenvalue weighted by Gasteiger charge is 2.22. The number of carbonyl (C=O) groups excluding carboxylic acids is 1. The number of amides is 1. The van der Waals surface area contributed by atoms with E-state index >= 15 is 0 Å². The minimum Gasteiger partial charge on any atom is -0.394 e. The van der Waals surface area contributed by atoms with Gasteiger partial charge in [-0.15, -0.1) is 0 Å². The number of hydrogen-bond acceptors (Lipinski definition) is 4. The smallest absolute Gasteiger partial charge is 0.249 e. The zero-order valence-electron chi connectivity index (χ0n) is 38.0. The van der Waals surface area contributed by atoms with E-state index < -0.39 is 24.2 Å². The van der Waals surface area contributed by atoms with E-state index in [1.165, 1.54) is 231 Å². The Hall–Kier alpha value is -0.910. The minimum atomic E-state index is -1.09. The summed E-state index contributed by atoms with van der Waals surface area (Å²) in [5.41, 5.74) is 0. The predicted octanol–water partition coefficient (Wildman–Crippen LogP) is 15.2. The lowest BCUT2D eigenvalue weighted by atomic mass is 10.0. The topological polar surface area (TPSA) is 89.8 Å². The summed E-state index contributed by atoms with van der Waals surface area (Å²) in [7, 11) is 0. The average Bonchev–Trinajstić information content (AvgIpc) is 3.20. The highest BCUT2D eigenvalue weighted by atomic mass is 16.3. The first kappa shape index (κ1) is 55.1. The molecule has 0 aromatic carbocycles. The molecule has 3 unspecified atom stereocenters. The molecule has 0 fully saturated rings. The molecule has 5 nitrogen and oxygen atoms in total. The van der Waals surface area contributed by atoms with Gasteiger partial charge in [0.2, 0.25) is 5.91 Å². The Kier molecular flexibility index (Phi) is 46.0. The number of nitrogens with one attached hydrogen (secondary N) is 1. The van der Waals surface area contributed by atoms with Crippen molar-refractivity contribution >= 4 is 5.91 Å². The van der Waals surface area contributed by atoms with Gasteiger partial charge in [0, 0.05) is 0 Å². The average molecular weight is 792 g/mol. The van der Waals surface area contributed by atoms with Gasteiger partial charge in [-0.25, -0.2) is 0 Å². The Morgan fingerprint density at radius 3 is 0.982 bits per heavy atom. The van der Waals surface area contributed by atoms with Crippen molar-refractivity contribution in [2.45, 2.75) is 302 Å². The molecule has 0 saturated carbocycles. The maximum Gasteiger partial charge on any atom is 0.249 e. The lowest BCUT2D eigenvalue weighted by Crippen LogP contribution is -2.48. The summed E-state index contributed by atoms with van der Waals surface area (Å²) in [6, 6.07) is -0.793. The molecule has 4 N–H and O–H groups in total. The SMILES string of the molecule is CCCCCCCCCCCCCCCCCCCCCCCCC/C=C/C(O)C(CO)NC(=O)C(O)CCCCCCCCCCCCCCCCCCC. The highest BCUT2D eigenvalue weighted by Crippen LogP contribution is 2.17. The third kappa shape index (κ3) is 41.3. The van der Waals surface area contributed by atoms with E-state index in [0.717, 1.165) is 32.1 Å². The lowest BCUT2D eigenvalue weighted by molar-refractivity contribution is -0.131. The van der Waals surface area contributed by atoms with Gasteiger partial charge < -0.3 is 20.6 Å². The second kappa shape index (κ2) is 46.8. The van der Waals surface area contributed by atoms with E-state index in [1.807, 2.05) is 6.08 Å². The normalized spacial score (nSPS) is 13.4. The van der Waals surface area contributed by atoms with Crippen molar-refractivity contribution in [2.75, 3.05) is 6.61 Å². The van der Waals surface area contributed by atoms with Gasteiger partial charge in [0.1, 0.15) is 6.10 Å². The standard InChI is InChI=1S/C51H101NO4/c1-3-5-7-9-11-13-15-17-19-21-22-23-24-25-26-27-28-30-31-33-35-37-39-41-43-45-49(54)48(47-53)52-51(56)50(55)46-44-42-40-38-36-34-32-29-20-18-16-14-12-10-8-6-4-2/h43,45,48-50,53-55H,3-42,44,46-47H2,1-2H3,(H,52,56)/b45-43+. The van der Waals surface area contributed by atoms with Crippen LogP contribution in [-0.4, -0.2) is 46.1 Å². The van der Waals surface area contributed by atoms with E-state index in [0.29, 0.717) is 6.42 Å². The second-order valence-corrected chi connectivity index (χ2v) is 17.7. The molecule has 0 aliphatic carbocycles. The molecule has 0 aromatic heterocycles. The molecule has 0 spiro atoms. The summed E-state index contributed by atoms with van der Waals surface area (Å²) >= 11 is 0. The maximum absolute atomic E-state index is 12.5. The summed E-state index contributed by atoms with van der Waals surface area (Å²) in [4.78, 5) is 12.5. The number of allylic oxidation sites excluding steroid dienone is 1. The van der Waals surface area contributed by atoms with Crippen molar-refractivity contribution in [3.8, 4) is 0 Å². The van der Waals surface area contributed by atoms with Crippen molar-refractivity contribution < 1.29 is 20.1 Å². The molecule has 0 bridgehead atoms. The fraction of sp³-hybridized carbons (Fsp3) is 0.941. The molecule has 0 heterocycles. The lowest BCUT2D eigenvalue weighted by Gasteiger charge is -2.21. The maximum atomic E-state index is 12.5. The first-order chi connectivity index (χ1) is 27.6. The van der Waals surface area contributed by atoms with Crippen molar-refractivity contribution in [1.29, 1.82) is 0 Å². The largest absolute Gasteiger partial charge is 0.394 e. The molecule has 0 rings (SSSR count). The Balaban J connectivity index is 3.57. The fourth-order valence-electron chi connectivity index (χ4n) is 8.13. The van der Waals surface area contributed by atoms with Gasteiger partial charge >= 0.3 is 0 Å². The van der Waals surface area contributed by atoms with E-state index in [4.69, 9.17) is 0 Å². The molecule has 5 heteroatoms. The van der Waals surface area contributed by atoms with Crippen LogP contribution in [0.25, 0.3) is 0 Å². The third-order valence-corrected chi connectivity index (χ3v) is 12.1. The Labute approximate surface area is 350 Å². The molecule has 0 saturated heterocycles. The van der Waals surface area contributed by atoms with Gasteiger partial charge in [0.05, 0.1) is 18.8 Å². The number of aliphatic hydroxyl groups is 3. The van der Waals surface area contributed by atoms with Crippen molar-refractivity contribution in [2.24, 2.45) is 0 Å². The molecule has 0 aliphatic heterocycles. The summed E-state index contributed by atoms with van der Waals surface area (Å²) < 4.78 is 0. The fourth-order valence-corrected chi connectivity index (χ4v) is 8.13. The van der Waals surface area contributed by atoms with Crippen LogP contribution in [0.1, 0.15) is 284 Å². The van der Waals surface area contributed by atoms with Crippen LogP contribution >= 0.6 is 0 Å². The van der Waals surface area contributed by atoms with Crippen LogP contribution in [0.15, 0.2) is 12.2 Å².